The Morgan fingerprint density at radius 1 is 0.500 bits per heavy atom. The molecule has 0 fully saturated rings. The number of hydrogen-bond donors (Lipinski definition) is 0. The zero-order chi connectivity index (χ0) is 8.12. The molecular weight excluding hydrogens is 137 g/mol. The molecule has 0 saturated carbocycles. The molecule has 10 heavy (non-hydrogen) atoms. The summed E-state index contributed by atoms with van der Waals surface area (Å²) in [7, 11) is 0. The van der Waals surface area contributed by atoms with Gasteiger partial charge in [-0.3, -0.25) is 14.7 Å². The van der Waals surface area contributed by atoms with E-state index in [-0.39, 0.29) is 8.41 Å². The molecule has 10 heteroatoms. The smallest absolute Gasteiger partial charge is 0.373 e. The summed E-state index contributed by atoms with van der Waals surface area (Å²) in [6.07, 6.45) is 0. The summed E-state index contributed by atoms with van der Waals surface area (Å²) in [4.78, 5) is 4.50. The summed E-state index contributed by atoms with van der Waals surface area (Å²) in [6, 6.07) is 0. The molecule has 0 aromatic rings. The molecule has 0 N–H and O–H groups in total. The third kappa shape index (κ3) is 37.2. The van der Waals surface area contributed by atoms with Crippen LogP contribution < -0.4 is 0 Å². The summed E-state index contributed by atoms with van der Waals surface area (Å²) < 4.78 is 0. The van der Waals surface area contributed by atoms with E-state index in [0.29, 0.717) is 0 Å². The van der Waals surface area contributed by atoms with Crippen molar-refractivity contribution in [3.05, 3.63) is 47.9 Å². The van der Waals surface area contributed by atoms with Crippen LogP contribution in [0.3, 0.4) is 0 Å². The van der Waals surface area contributed by atoms with Gasteiger partial charge in [0.2, 0.25) is 0 Å². The molecule has 0 radical (unpaired) electrons. The summed E-state index contributed by atoms with van der Waals surface area (Å²) >= 11 is 0. The fraction of sp³-hybridized carbons (Fsp3) is 0. The van der Waals surface area contributed by atoms with Crippen LogP contribution in [0.1, 0.15) is 0 Å². The maximum atomic E-state index is 6.75. The number of nitrogens with zero attached hydrogens (tertiary/aromatic N) is 9. The van der Waals surface area contributed by atoms with Crippen molar-refractivity contribution in [1.29, 1.82) is 0 Å². The van der Waals surface area contributed by atoms with E-state index in [9.17, 15) is 0 Å². The maximum absolute atomic E-state index is 6.75. The van der Waals surface area contributed by atoms with Crippen LogP contribution in [0.4, 0.5) is 0 Å². The van der Waals surface area contributed by atoms with Crippen molar-refractivity contribution in [2.24, 2.45) is 0 Å². The van der Waals surface area contributed by atoms with Crippen LogP contribution in [0.2, 0.25) is 0 Å². The predicted molar refractivity (Wildman–Crippen MR) is 36.0 cm³/mol. The van der Waals surface area contributed by atoms with E-state index >= 15 is 0 Å². The quantitative estimate of drug-likeness (QED) is 0.206. The standard InChI is InChI=1S/B.3N3/c;3*1-3-2/q+3;3*-1. The first kappa shape index (κ1) is 24.5. The van der Waals surface area contributed by atoms with Crippen LogP contribution >= 0.6 is 0 Å². The first-order chi connectivity index (χ1) is 4.24. The van der Waals surface area contributed by atoms with Crippen molar-refractivity contribution >= 4 is 8.41 Å². The Bertz CT molecular complexity index is 96.3. The van der Waals surface area contributed by atoms with E-state index in [0.717, 1.165) is 0 Å². The molecule has 0 aliphatic rings. The van der Waals surface area contributed by atoms with Gasteiger partial charge in [-0.15, -0.1) is 0 Å². The van der Waals surface area contributed by atoms with Gasteiger partial charge in [0.1, 0.15) is 0 Å². The van der Waals surface area contributed by atoms with E-state index in [1.807, 2.05) is 0 Å². The molecule has 48 valence electrons. The minimum absolute atomic E-state index is 0. The van der Waals surface area contributed by atoms with Gasteiger partial charge in [0.15, 0.2) is 0 Å². The normalized spacial score (nSPS) is 2.40. The Morgan fingerprint density at radius 3 is 0.500 bits per heavy atom. The summed E-state index contributed by atoms with van der Waals surface area (Å²) in [5.41, 5.74) is 40.5. The molecular formula is BN9. The fourth-order valence-corrected chi connectivity index (χ4v) is 0. The zero-order valence-electron chi connectivity index (χ0n) is 4.60. The first-order valence-electron chi connectivity index (χ1n) is 1.20. The molecule has 0 aromatic heterocycles. The largest absolute Gasteiger partial charge is 3.00 e. The average molecular weight is 137 g/mol. The molecule has 0 bridgehead atoms. The first-order valence-corrected chi connectivity index (χ1v) is 1.20. The number of hydrogen-bond acceptors (Lipinski definition) is 0. The van der Waals surface area contributed by atoms with Crippen molar-refractivity contribution in [3.63, 3.8) is 0 Å². The monoisotopic (exact) mass is 137 g/mol. The van der Waals surface area contributed by atoms with Crippen LogP contribution in [-0.4, -0.2) is 8.41 Å². The van der Waals surface area contributed by atoms with Crippen LogP contribution in [0.25, 0.3) is 47.9 Å². The second-order valence-electron chi connectivity index (χ2n) is 0.268. The summed E-state index contributed by atoms with van der Waals surface area (Å²) in [5, 5.41) is 0. The van der Waals surface area contributed by atoms with E-state index in [4.69, 9.17) is 33.2 Å². The van der Waals surface area contributed by atoms with Gasteiger partial charge in [0, 0.05) is 0 Å². The van der Waals surface area contributed by atoms with Gasteiger partial charge in [-0.2, -0.15) is 0 Å². The van der Waals surface area contributed by atoms with Crippen molar-refractivity contribution in [3.8, 4) is 0 Å². The number of rotatable bonds is 0. The Labute approximate surface area is 57.5 Å². The predicted octanol–water partition coefficient (Wildman–Crippen LogP) is 2.22. The van der Waals surface area contributed by atoms with Gasteiger partial charge < -0.3 is 33.2 Å². The fourth-order valence-electron chi connectivity index (χ4n) is 0. The van der Waals surface area contributed by atoms with Gasteiger partial charge in [0.05, 0.1) is 0 Å². The second-order valence-corrected chi connectivity index (χ2v) is 0.268. The van der Waals surface area contributed by atoms with Gasteiger partial charge >= 0.3 is 8.41 Å². The molecule has 9 nitrogen and oxygen atoms in total. The van der Waals surface area contributed by atoms with Crippen LogP contribution in [0.5, 0.6) is 0 Å². The van der Waals surface area contributed by atoms with Gasteiger partial charge in [-0.05, 0) is 0 Å². The second kappa shape index (κ2) is 254. The molecule has 0 saturated heterocycles. The topological polar surface area (TPSA) is 176 Å². The van der Waals surface area contributed by atoms with E-state index in [1.165, 1.54) is 14.7 Å². The summed E-state index contributed by atoms with van der Waals surface area (Å²) in [6.45, 7) is 0. The summed E-state index contributed by atoms with van der Waals surface area (Å²) in [5.74, 6) is 0. The van der Waals surface area contributed by atoms with Gasteiger partial charge in [-0.25, -0.2) is 0 Å². The SMILES string of the molecule is [B+3].[N-]=[N+]=[N-].[N-]=[N+]=[N-].[N-]=[N+]=[N-]. The minimum Gasteiger partial charge on any atom is -0.373 e. The third-order valence-electron chi connectivity index (χ3n) is 0. The van der Waals surface area contributed by atoms with E-state index in [1.54, 1.807) is 0 Å². The minimum atomic E-state index is 0. The van der Waals surface area contributed by atoms with Crippen LogP contribution in [0, 0.1) is 0 Å². The van der Waals surface area contributed by atoms with Crippen LogP contribution in [-0.2, 0) is 0 Å². The maximum Gasteiger partial charge on any atom is 3.00 e. The molecule has 0 aliphatic carbocycles. The van der Waals surface area contributed by atoms with Crippen molar-refractivity contribution < 1.29 is 0 Å². The molecule has 0 unspecified atom stereocenters. The van der Waals surface area contributed by atoms with E-state index < -0.39 is 0 Å². The van der Waals surface area contributed by atoms with Gasteiger partial charge in [-0.1, -0.05) is 0 Å². The Balaban J connectivity index is -0.0000000257. The Morgan fingerprint density at radius 2 is 0.500 bits per heavy atom. The zero-order valence-corrected chi connectivity index (χ0v) is 4.60. The molecule has 0 amide bonds. The molecule has 0 heterocycles. The van der Waals surface area contributed by atoms with Crippen molar-refractivity contribution in [2.45, 2.75) is 0 Å². The van der Waals surface area contributed by atoms with Gasteiger partial charge in [0.25, 0.3) is 0 Å². The van der Waals surface area contributed by atoms with Crippen molar-refractivity contribution in [2.75, 3.05) is 0 Å². The molecule has 0 aliphatic heterocycles. The molecule has 0 spiro atoms. The third-order valence-corrected chi connectivity index (χ3v) is 0. The van der Waals surface area contributed by atoms with E-state index in [2.05, 4.69) is 0 Å². The Kier molecular flexibility index (Phi) is 622. The molecule has 0 atom stereocenters. The Hall–Kier alpha value is -2.01. The van der Waals surface area contributed by atoms with Crippen molar-refractivity contribution in [1.82, 2.24) is 0 Å². The average Bonchev–Trinajstić information content (AvgIpc) is 1.70. The van der Waals surface area contributed by atoms with Crippen LogP contribution in [0.15, 0.2) is 0 Å². The molecule has 0 rings (SSSR count). The molecule has 0 aromatic carbocycles.